The summed E-state index contributed by atoms with van der Waals surface area (Å²) in [5.74, 6) is -0.530. The summed E-state index contributed by atoms with van der Waals surface area (Å²) in [6.07, 6.45) is 83.7. The number of hydrogen-bond donors (Lipinski definition) is 0. The third-order valence-electron chi connectivity index (χ3n) is 12.0. The fourth-order valence-electron chi connectivity index (χ4n) is 7.70. The van der Waals surface area contributed by atoms with Crippen LogP contribution in [0.25, 0.3) is 0 Å². The standard InChI is InChI=1S/C65H108O5/c1-4-7-10-13-16-19-22-25-28-31-33-35-37-40-43-46-49-52-55-58-64(66)69-62-63(61-68-60-57-54-51-48-45-42-39-30-27-24-21-18-15-12-9-6-3)70-65(67)59-56-53-50-47-44-41-38-36-34-32-29-26-23-20-17-14-11-8-5-2/h8,11,16-17,19-20,25-26,28-29,33-36,40-41,43-44,49,52,63H,4-7,9-10,12-15,18,21-24,27,30-32,37-39,42,45-48,50-51,53-62H2,1-3H3/b11-8-,19-16-,20-17-,28-25-,29-26-,35-33-,36-34-,43-40-,44-41-,52-49-/t63-/m1/s1. The summed E-state index contributed by atoms with van der Waals surface area (Å²) in [5.41, 5.74) is 0. The molecule has 0 saturated heterocycles. The second-order valence-electron chi connectivity index (χ2n) is 18.8. The minimum absolute atomic E-state index is 0.0273. The van der Waals surface area contributed by atoms with E-state index in [1.807, 2.05) is 6.08 Å². The van der Waals surface area contributed by atoms with Gasteiger partial charge in [-0.15, -0.1) is 0 Å². The third kappa shape index (κ3) is 56.9. The van der Waals surface area contributed by atoms with Gasteiger partial charge in [-0.2, -0.15) is 0 Å². The maximum Gasteiger partial charge on any atom is 0.306 e. The van der Waals surface area contributed by atoms with Gasteiger partial charge in [-0.25, -0.2) is 0 Å². The molecule has 0 fully saturated rings. The molecule has 0 aromatic rings. The van der Waals surface area contributed by atoms with Crippen LogP contribution in [0, 0.1) is 0 Å². The number of rotatable bonds is 52. The van der Waals surface area contributed by atoms with Crippen LogP contribution in [-0.4, -0.2) is 37.9 Å². The van der Waals surface area contributed by atoms with E-state index in [-0.39, 0.29) is 25.2 Å². The summed E-state index contributed by atoms with van der Waals surface area (Å²) >= 11 is 0. The Labute approximate surface area is 433 Å². The predicted octanol–water partition coefficient (Wildman–Crippen LogP) is 20.1. The van der Waals surface area contributed by atoms with Crippen LogP contribution in [0.5, 0.6) is 0 Å². The van der Waals surface area contributed by atoms with Crippen LogP contribution in [0.4, 0.5) is 0 Å². The fourth-order valence-corrected chi connectivity index (χ4v) is 7.70. The molecule has 0 N–H and O–H groups in total. The molecule has 0 aliphatic rings. The maximum atomic E-state index is 12.9. The quantitative estimate of drug-likeness (QED) is 0.0345. The minimum Gasteiger partial charge on any atom is -0.462 e. The van der Waals surface area contributed by atoms with Crippen molar-refractivity contribution in [3.63, 3.8) is 0 Å². The van der Waals surface area contributed by atoms with Crippen molar-refractivity contribution in [2.24, 2.45) is 0 Å². The Morgan fingerprint density at radius 3 is 1.10 bits per heavy atom. The summed E-state index contributed by atoms with van der Waals surface area (Å²) in [4.78, 5) is 25.5. The van der Waals surface area contributed by atoms with Crippen LogP contribution >= 0.6 is 0 Å². The zero-order chi connectivity index (χ0) is 50.6. The average Bonchev–Trinajstić information content (AvgIpc) is 3.36. The van der Waals surface area contributed by atoms with E-state index in [0.29, 0.717) is 25.9 Å². The molecular weight excluding hydrogens is 861 g/mol. The summed E-state index contributed by atoms with van der Waals surface area (Å²) < 4.78 is 17.4. The maximum absolute atomic E-state index is 12.9. The van der Waals surface area contributed by atoms with E-state index >= 15 is 0 Å². The fraction of sp³-hybridized carbons (Fsp3) is 0.662. The summed E-state index contributed by atoms with van der Waals surface area (Å²) in [7, 11) is 0. The SMILES string of the molecule is CC/C=C\C/C=C\C/C=C\C/C=C\C/C=C\CCCCCC(=O)O[C@H](COCCCCCCCCCCCCCCCCCC)COC(=O)CC/C=C\C/C=C\C/C=C\C/C=C\C/C=C\CCCCC. The van der Waals surface area contributed by atoms with E-state index in [4.69, 9.17) is 14.2 Å². The lowest BCUT2D eigenvalue weighted by Gasteiger charge is -2.18. The van der Waals surface area contributed by atoms with Gasteiger partial charge in [-0.1, -0.05) is 258 Å². The van der Waals surface area contributed by atoms with Gasteiger partial charge in [-0.05, 0) is 103 Å². The van der Waals surface area contributed by atoms with Crippen molar-refractivity contribution < 1.29 is 23.8 Å². The van der Waals surface area contributed by atoms with Crippen LogP contribution in [0.15, 0.2) is 122 Å². The Morgan fingerprint density at radius 2 is 0.671 bits per heavy atom. The van der Waals surface area contributed by atoms with E-state index in [1.54, 1.807) is 0 Å². The van der Waals surface area contributed by atoms with Gasteiger partial charge in [0.15, 0.2) is 6.10 Å². The van der Waals surface area contributed by atoms with Crippen molar-refractivity contribution in [3.8, 4) is 0 Å². The molecule has 0 saturated carbocycles. The van der Waals surface area contributed by atoms with E-state index in [0.717, 1.165) is 96.3 Å². The first-order chi connectivity index (χ1) is 34.6. The number of ether oxygens (including phenoxy) is 3. The van der Waals surface area contributed by atoms with E-state index < -0.39 is 6.10 Å². The van der Waals surface area contributed by atoms with Crippen molar-refractivity contribution in [2.75, 3.05) is 19.8 Å². The lowest BCUT2D eigenvalue weighted by atomic mass is 10.0. The molecule has 70 heavy (non-hydrogen) atoms. The third-order valence-corrected chi connectivity index (χ3v) is 12.0. The number of carbonyl (C=O) groups is 2. The summed E-state index contributed by atoms with van der Waals surface area (Å²) in [6.45, 7) is 7.58. The van der Waals surface area contributed by atoms with Crippen LogP contribution < -0.4 is 0 Å². The van der Waals surface area contributed by atoms with Gasteiger partial charge in [0.25, 0.3) is 0 Å². The van der Waals surface area contributed by atoms with Crippen LogP contribution in [-0.2, 0) is 23.8 Å². The Kier molecular flexibility index (Phi) is 56.5. The molecule has 0 aromatic carbocycles. The Balaban J connectivity index is 4.47. The Hall–Kier alpha value is -3.70. The number of allylic oxidation sites excluding steroid dienone is 20. The molecule has 0 unspecified atom stereocenters. The lowest BCUT2D eigenvalue weighted by Crippen LogP contribution is -2.30. The predicted molar refractivity (Wildman–Crippen MR) is 306 cm³/mol. The molecule has 5 heteroatoms. The number of carbonyl (C=O) groups excluding carboxylic acids is 2. The van der Waals surface area contributed by atoms with Gasteiger partial charge in [0.05, 0.1) is 6.61 Å². The molecule has 0 spiro atoms. The van der Waals surface area contributed by atoms with Gasteiger partial charge < -0.3 is 14.2 Å². The number of esters is 2. The molecule has 398 valence electrons. The normalized spacial score (nSPS) is 13.1. The average molecular weight is 970 g/mol. The molecule has 5 nitrogen and oxygen atoms in total. The Morgan fingerprint density at radius 1 is 0.329 bits per heavy atom. The molecule has 0 amide bonds. The van der Waals surface area contributed by atoms with Crippen molar-refractivity contribution in [2.45, 2.75) is 258 Å². The van der Waals surface area contributed by atoms with E-state index in [2.05, 4.69) is 136 Å². The zero-order valence-corrected chi connectivity index (χ0v) is 45.7. The number of hydrogen-bond acceptors (Lipinski definition) is 5. The minimum atomic E-state index is -0.591. The highest BCUT2D eigenvalue weighted by molar-refractivity contribution is 5.70. The highest BCUT2D eigenvalue weighted by atomic mass is 16.6. The van der Waals surface area contributed by atoms with Crippen LogP contribution in [0.1, 0.15) is 252 Å². The number of unbranched alkanes of at least 4 members (excludes halogenated alkanes) is 21. The molecule has 0 rings (SSSR count). The molecule has 0 heterocycles. The van der Waals surface area contributed by atoms with Gasteiger partial charge in [0, 0.05) is 19.4 Å². The molecular formula is C65H108O5. The first kappa shape index (κ1) is 66.3. The first-order valence-corrected chi connectivity index (χ1v) is 29.1. The Bertz CT molecular complexity index is 1420. The van der Waals surface area contributed by atoms with Crippen molar-refractivity contribution in [1.82, 2.24) is 0 Å². The van der Waals surface area contributed by atoms with Crippen LogP contribution in [0.3, 0.4) is 0 Å². The first-order valence-electron chi connectivity index (χ1n) is 29.1. The largest absolute Gasteiger partial charge is 0.462 e. The molecule has 0 radical (unpaired) electrons. The molecule has 1 atom stereocenters. The van der Waals surface area contributed by atoms with E-state index in [1.165, 1.54) is 116 Å². The smallest absolute Gasteiger partial charge is 0.306 e. The van der Waals surface area contributed by atoms with Gasteiger partial charge >= 0.3 is 11.9 Å². The highest BCUT2D eigenvalue weighted by Gasteiger charge is 2.17. The second-order valence-corrected chi connectivity index (χ2v) is 18.8. The zero-order valence-electron chi connectivity index (χ0n) is 45.7. The molecule has 0 aromatic heterocycles. The lowest BCUT2D eigenvalue weighted by molar-refractivity contribution is -0.162. The topological polar surface area (TPSA) is 61.8 Å². The van der Waals surface area contributed by atoms with Gasteiger partial charge in [-0.3, -0.25) is 9.59 Å². The van der Waals surface area contributed by atoms with Crippen LogP contribution in [0.2, 0.25) is 0 Å². The molecule has 0 aliphatic carbocycles. The molecule has 0 aliphatic heterocycles. The second kappa shape index (κ2) is 59.6. The summed E-state index contributed by atoms with van der Waals surface area (Å²) in [5, 5.41) is 0. The van der Waals surface area contributed by atoms with Crippen molar-refractivity contribution in [3.05, 3.63) is 122 Å². The summed E-state index contributed by atoms with van der Waals surface area (Å²) in [6, 6.07) is 0. The highest BCUT2D eigenvalue weighted by Crippen LogP contribution is 2.15. The monoisotopic (exact) mass is 969 g/mol. The molecule has 0 bridgehead atoms. The van der Waals surface area contributed by atoms with Crippen molar-refractivity contribution in [1.29, 1.82) is 0 Å². The van der Waals surface area contributed by atoms with E-state index in [9.17, 15) is 9.59 Å². The van der Waals surface area contributed by atoms with Gasteiger partial charge in [0.2, 0.25) is 0 Å². The van der Waals surface area contributed by atoms with Gasteiger partial charge in [0.1, 0.15) is 6.61 Å². The van der Waals surface area contributed by atoms with Crippen molar-refractivity contribution >= 4 is 11.9 Å².